The minimum Gasteiger partial charge on any atom is -0.292 e. The molecule has 0 unspecified atom stereocenters. The van der Waals surface area contributed by atoms with Crippen LogP contribution in [0.4, 0.5) is 0 Å². The van der Waals surface area contributed by atoms with Gasteiger partial charge in [0.05, 0.1) is 21.9 Å². The van der Waals surface area contributed by atoms with Gasteiger partial charge in [0.25, 0.3) is 17.7 Å². The lowest BCUT2D eigenvalue weighted by Crippen LogP contribution is -2.52. The van der Waals surface area contributed by atoms with E-state index < -0.39 is 41.9 Å². The first-order valence-electron chi connectivity index (χ1n) is 10.4. The lowest BCUT2D eigenvalue weighted by atomic mass is 9.85. The molecule has 0 spiro atoms. The summed E-state index contributed by atoms with van der Waals surface area (Å²) < 4.78 is 0. The molecule has 2 fully saturated rings. The van der Waals surface area contributed by atoms with Crippen molar-refractivity contribution >= 4 is 58.3 Å². The molecule has 9 heteroatoms. The molecule has 2 aliphatic carbocycles. The van der Waals surface area contributed by atoms with Crippen molar-refractivity contribution in [1.82, 2.24) is 10.0 Å². The van der Waals surface area contributed by atoms with Gasteiger partial charge in [0.1, 0.15) is 6.54 Å². The molecule has 3 aliphatic rings. The van der Waals surface area contributed by atoms with Crippen LogP contribution in [-0.4, -0.2) is 40.1 Å². The Morgan fingerprint density at radius 2 is 1.42 bits per heavy atom. The van der Waals surface area contributed by atoms with Gasteiger partial charge in [-0.25, -0.2) is 5.01 Å². The lowest BCUT2D eigenvalue weighted by Gasteiger charge is -2.31. The summed E-state index contributed by atoms with van der Waals surface area (Å²) in [5, 5.41) is 2.64. The number of hydrazine groups is 1. The number of hydrogen-bond acceptors (Lipinski definition) is 4. The Morgan fingerprint density at radius 3 is 2.00 bits per heavy atom. The highest BCUT2D eigenvalue weighted by Crippen LogP contribution is 2.52. The second-order valence-corrected chi connectivity index (χ2v) is 9.66. The summed E-state index contributed by atoms with van der Waals surface area (Å²) in [7, 11) is 0. The summed E-state index contributed by atoms with van der Waals surface area (Å²) in [5.74, 6) is -3.15. The summed E-state index contributed by atoms with van der Waals surface area (Å²) in [6.45, 7) is -0.500. The van der Waals surface area contributed by atoms with Crippen molar-refractivity contribution in [3.63, 3.8) is 0 Å². The molecule has 2 aromatic carbocycles. The third-order valence-electron chi connectivity index (χ3n) is 6.55. The van der Waals surface area contributed by atoms with E-state index in [9.17, 15) is 19.2 Å². The molecule has 2 aromatic rings. The maximum Gasteiger partial charge on any atom is 0.273 e. The molecule has 5 rings (SSSR count). The summed E-state index contributed by atoms with van der Waals surface area (Å²) >= 11 is 18.0. The van der Waals surface area contributed by atoms with Gasteiger partial charge < -0.3 is 0 Å². The van der Waals surface area contributed by atoms with Gasteiger partial charge in [-0.1, -0.05) is 47.0 Å². The Balaban J connectivity index is 1.51. The number of benzene rings is 2. The Bertz CT molecular complexity index is 1200. The average Bonchev–Trinajstić information content (AvgIpc) is 3.48. The highest BCUT2D eigenvalue weighted by Gasteiger charge is 2.61. The average molecular weight is 504 g/mol. The second kappa shape index (κ2) is 8.28. The zero-order chi connectivity index (χ0) is 23.4. The van der Waals surface area contributed by atoms with Crippen LogP contribution < -0.4 is 0 Å². The number of fused-ring (bicyclic) bond motifs is 5. The van der Waals surface area contributed by atoms with Crippen LogP contribution in [0.5, 0.6) is 0 Å². The SMILES string of the molecule is O=C(CN(C(=O)c1ccc(Cl)c(Cl)c1)N1C(=O)[C@@H]2[C@@H](C1=O)[C@H]1C=C[C@@H]2C1)c1ccc(Cl)cc1. The zero-order valence-electron chi connectivity index (χ0n) is 17.1. The molecule has 1 aliphatic heterocycles. The molecule has 3 amide bonds. The van der Waals surface area contributed by atoms with Crippen molar-refractivity contribution in [2.24, 2.45) is 23.7 Å². The first kappa shape index (κ1) is 22.1. The van der Waals surface area contributed by atoms with Gasteiger partial charge >= 0.3 is 0 Å². The Labute approximate surface area is 204 Å². The van der Waals surface area contributed by atoms with Crippen LogP contribution in [0, 0.1) is 23.7 Å². The topological polar surface area (TPSA) is 74.8 Å². The first-order valence-corrected chi connectivity index (χ1v) is 11.5. The molecule has 4 atom stereocenters. The van der Waals surface area contributed by atoms with Gasteiger partial charge in [-0.2, -0.15) is 5.01 Å². The number of ketones is 1. The predicted octanol–water partition coefficient (Wildman–Crippen LogP) is 4.69. The maximum atomic E-state index is 13.5. The first-order chi connectivity index (χ1) is 15.8. The van der Waals surface area contributed by atoms with Gasteiger partial charge in [-0.3, -0.25) is 19.2 Å². The van der Waals surface area contributed by atoms with E-state index in [-0.39, 0.29) is 27.4 Å². The van der Waals surface area contributed by atoms with Gasteiger partial charge in [0.15, 0.2) is 5.78 Å². The summed E-state index contributed by atoms with van der Waals surface area (Å²) in [4.78, 5) is 53.2. The zero-order valence-corrected chi connectivity index (χ0v) is 19.3. The molecule has 1 heterocycles. The molecule has 0 N–H and O–H groups in total. The Kier molecular flexibility index (Phi) is 5.55. The number of carbonyl (C=O) groups is 4. The molecule has 2 bridgehead atoms. The molecular weight excluding hydrogens is 487 g/mol. The van der Waals surface area contributed by atoms with Crippen molar-refractivity contribution in [3.05, 3.63) is 80.8 Å². The highest BCUT2D eigenvalue weighted by atomic mass is 35.5. The van der Waals surface area contributed by atoms with Gasteiger partial charge in [0.2, 0.25) is 0 Å². The minimum absolute atomic E-state index is 0.0321. The molecule has 33 heavy (non-hydrogen) atoms. The summed E-state index contributed by atoms with van der Waals surface area (Å²) in [5.41, 5.74) is 0.402. The van der Waals surface area contributed by atoms with E-state index in [4.69, 9.17) is 34.8 Å². The fourth-order valence-electron chi connectivity index (χ4n) is 5.00. The van der Waals surface area contributed by atoms with Crippen molar-refractivity contribution in [1.29, 1.82) is 0 Å². The maximum absolute atomic E-state index is 13.5. The fraction of sp³-hybridized carbons (Fsp3) is 0.250. The van der Waals surface area contributed by atoms with Crippen LogP contribution in [0.15, 0.2) is 54.6 Å². The standard InChI is InChI=1S/C24H17Cl3N2O4/c25-16-6-3-12(4-7-16)19(30)11-28(22(31)15-5-8-17(26)18(27)10-15)29-23(32)20-13-1-2-14(9-13)21(20)24(29)33/h1-8,10,13-14,20-21H,9,11H2/t13-,14+,20-,21-/m0/s1. The Hall–Kier alpha value is -2.67. The lowest BCUT2D eigenvalue weighted by molar-refractivity contribution is -0.154. The molecule has 1 saturated carbocycles. The van der Waals surface area contributed by atoms with E-state index in [0.717, 1.165) is 16.4 Å². The molecule has 1 saturated heterocycles. The normalized spacial score (nSPS) is 25.0. The second-order valence-electron chi connectivity index (χ2n) is 8.41. The summed E-state index contributed by atoms with van der Waals surface area (Å²) in [6.07, 6.45) is 4.68. The van der Waals surface area contributed by atoms with Crippen molar-refractivity contribution in [2.75, 3.05) is 6.54 Å². The molecule has 0 radical (unpaired) electrons. The quantitative estimate of drug-likeness (QED) is 0.337. The number of hydrogen-bond donors (Lipinski definition) is 0. The van der Waals surface area contributed by atoms with Crippen LogP contribution in [-0.2, 0) is 9.59 Å². The van der Waals surface area contributed by atoms with E-state index in [0.29, 0.717) is 10.6 Å². The van der Waals surface area contributed by atoms with Crippen molar-refractivity contribution in [3.8, 4) is 0 Å². The molecule has 0 aromatic heterocycles. The molecule has 168 valence electrons. The van der Waals surface area contributed by atoms with Crippen LogP contribution in [0.3, 0.4) is 0 Å². The number of amides is 3. The van der Waals surface area contributed by atoms with Crippen molar-refractivity contribution in [2.45, 2.75) is 6.42 Å². The number of nitrogens with zero attached hydrogens (tertiary/aromatic N) is 2. The third-order valence-corrected chi connectivity index (χ3v) is 7.54. The largest absolute Gasteiger partial charge is 0.292 e. The number of carbonyl (C=O) groups excluding carboxylic acids is 4. The van der Waals surface area contributed by atoms with E-state index >= 15 is 0 Å². The fourth-order valence-corrected chi connectivity index (χ4v) is 5.42. The smallest absolute Gasteiger partial charge is 0.273 e. The summed E-state index contributed by atoms with van der Waals surface area (Å²) in [6, 6.07) is 10.4. The van der Waals surface area contributed by atoms with E-state index in [1.807, 2.05) is 12.2 Å². The van der Waals surface area contributed by atoms with Crippen molar-refractivity contribution < 1.29 is 19.2 Å². The van der Waals surface area contributed by atoms with Crippen LogP contribution in [0.25, 0.3) is 0 Å². The molecular formula is C24H17Cl3N2O4. The number of imide groups is 1. The van der Waals surface area contributed by atoms with Crippen LogP contribution in [0.2, 0.25) is 15.1 Å². The van der Waals surface area contributed by atoms with Gasteiger partial charge in [0, 0.05) is 16.1 Å². The van der Waals surface area contributed by atoms with Crippen LogP contribution in [0.1, 0.15) is 27.1 Å². The van der Waals surface area contributed by atoms with E-state index in [2.05, 4.69) is 0 Å². The van der Waals surface area contributed by atoms with E-state index in [1.165, 1.54) is 30.3 Å². The molecule has 6 nitrogen and oxygen atoms in total. The number of allylic oxidation sites excluding steroid dienone is 2. The number of Topliss-reactive ketones (excluding diaryl/α,β-unsaturated/α-hetero) is 1. The number of halogens is 3. The highest BCUT2D eigenvalue weighted by molar-refractivity contribution is 6.42. The van der Waals surface area contributed by atoms with Gasteiger partial charge in [-0.05, 0) is 60.7 Å². The number of rotatable bonds is 5. The monoisotopic (exact) mass is 502 g/mol. The third kappa shape index (κ3) is 3.66. The minimum atomic E-state index is -0.696. The van der Waals surface area contributed by atoms with E-state index in [1.54, 1.807) is 12.1 Å². The Morgan fingerprint density at radius 1 is 0.848 bits per heavy atom. The van der Waals surface area contributed by atoms with Gasteiger partial charge in [-0.15, -0.1) is 0 Å². The predicted molar refractivity (Wildman–Crippen MR) is 123 cm³/mol. The van der Waals surface area contributed by atoms with Crippen LogP contribution >= 0.6 is 34.8 Å².